The standard InChI is InChI=1S/C15H16BF6N5O/c1-6(15(20,21)22)23-11-25-10(26-12(27-11)24-7-2-3-7)8-4-5-13(18,19)14(16,28)9(8)17/h7,28H,1-5,16H2,(H2,23,24,25,26,27). The van der Waals surface area contributed by atoms with E-state index in [-0.39, 0.29) is 12.0 Å². The summed E-state index contributed by atoms with van der Waals surface area (Å²) in [5.41, 5.74) is -4.86. The normalized spacial score (nSPS) is 24.8. The molecular formula is C15H16BF6N5O. The summed E-state index contributed by atoms with van der Waals surface area (Å²) >= 11 is 0. The lowest BCUT2D eigenvalue weighted by molar-refractivity contribution is -0.132. The van der Waals surface area contributed by atoms with Gasteiger partial charge in [-0.25, -0.2) is 13.2 Å². The quantitative estimate of drug-likeness (QED) is 0.514. The smallest absolute Gasteiger partial charge is 0.386 e. The number of hydrogen-bond acceptors (Lipinski definition) is 6. The lowest BCUT2D eigenvalue weighted by Crippen LogP contribution is -2.51. The van der Waals surface area contributed by atoms with Crippen LogP contribution in [0.1, 0.15) is 31.5 Å². The van der Waals surface area contributed by atoms with E-state index >= 15 is 0 Å². The molecule has 13 heteroatoms. The Morgan fingerprint density at radius 3 is 2.36 bits per heavy atom. The molecular weight excluding hydrogens is 391 g/mol. The highest BCUT2D eigenvalue weighted by atomic mass is 19.4. The van der Waals surface area contributed by atoms with Crippen LogP contribution in [0, 0.1) is 0 Å². The average molecular weight is 407 g/mol. The zero-order chi connectivity index (χ0) is 20.9. The van der Waals surface area contributed by atoms with Crippen molar-refractivity contribution in [1.29, 1.82) is 0 Å². The van der Waals surface area contributed by atoms with Gasteiger partial charge in [0.1, 0.15) is 17.0 Å². The third-order valence-corrected chi connectivity index (χ3v) is 4.51. The minimum Gasteiger partial charge on any atom is -0.386 e. The number of aromatic nitrogens is 3. The van der Waals surface area contributed by atoms with Gasteiger partial charge in [0.25, 0.3) is 5.92 Å². The topological polar surface area (TPSA) is 83.0 Å². The van der Waals surface area contributed by atoms with Crippen molar-refractivity contribution < 1.29 is 31.4 Å². The van der Waals surface area contributed by atoms with Gasteiger partial charge in [-0.2, -0.15) is 28.1 Å². The highest BCUT2D eigenvalue weighted by molar-refractivity contribution is 6.18. The van der Waals surface area contributed by atoms with Crippen LogP contribution in [-0.4, -0.2) is 51.5 Å². The molecule has 1 aromatic rings. The average Bonchev–Trinajstić information content (AvgIpc) is 3.36. The molecule has 1 unspecified atom stereocenters. The molecule has 1 fully saturated rings. The van der Waals surface area contributed by atoms with E-state index in [9.17, 15) is 31.4 Å². The molecule has 152 valence electrons. The fourth-order valence-corrected chi connectivity index (χ4v) is 2.55. The Morgan fingerprint density at radius 1 is 1.18 bits per heavy atom. The summed E-state index contributed by atoms with van der Waals surface area (Å²) < 4.78 is 80.4. The molecule has 0 aliphatic heterocycles. The highest BCUT2D eigenvalue weighted by Crippen LogP contribution is 2.46. The molecule has 28 heavy (non-hydrogen) atoms. The maximum atomic E-state index is 14.6. The zero-order valence-electron chi connectivity index (χ0n) is 14.7. The molecule has 2 aliphatic carbocycles. The van der Waals surface area contributed by atoms with Crippen LogP contribution < -0.4 is 10.6 Å². The number of alkyl halides is 5. The highest BCUT2D eigenvalue weighted by Gasteiger charge is 2.55. The van der Waals surface area contributed by atoms with E-state index < -0.39 is 59.3 Å². The maximum Gasteiger partial charge on any atom is 0.430 e. The molecule has 0 bridgehead atoms. The Bertz CT molecular complexity index is 837. The van der Waals surface area contributed by atoms with Crippen LogP contribution in [0.5, 0.6) is 0 Å². The Morgan fingerprint density at radius 2 is 1.79 bits per heavy atom. The SMILES string of the molecule is BC1(O)C(F)=C(c2nc(NC(=C)C(F)(F)F)nc(NC3CC3)n2)CCC1(F)F. The molecule has 1 atom stereocenters. The number of hydrogen-bond donors (Lipinski definition) is 3. The van der Waals surface area contributed by atoms with E-state index in [1.807, 2.05) is 5.32 Å². The third kappa shape index (κ3) is 3.93. The van der Waals surface area contributed by atoms with Crippen LogP contribution in [0.4, 0.5) is 38.2 Å². The van der Waals surface area contributed by atoms with E-state index in [1.54, 1.807) is 0 Å². The molecule has 3 rings (SSSR count). The molecule has 6 nitrogen and oxygen atoms in total. The first-order chi connectivity index (χ1) is 12.8. The van der Waals surface area contributed by atoms with Crippen LogP contribution in [0.25, 0.3) is 5.57 Å². The first-order valence-corrected chi connectivity index (χ1v) is 8.36. The van der Waals surface area contributed by atoms with Gasteiger partial charge in [-0.1, -0.05) is 6.58 Å². The molecule has 0 saturated heterocycles. The van der Waals surface area contributed by atoms with Crippen LogP contribution in [0.3, 0.4) is 0 Å². The van der Waals surface area contributed by atoms with Crippen molar-refractivity contribution in [3.8, 4) is 0 Å². The van der Waals surface area contributed by atoms with Crippen molar-refractivity contribution in [1.82, 2.24) is 15.0 Å². The van der Waals surface area contributed by atoms with E-state index in [0.717, 1.165) is 12.8 Å². The predicted molar refractivity (Wildman–Crippen MR) is 91.0 cm³/mol. The van der Waals surface area contributed by atoms with Gasteiger partial charge in [-0.3, -0.25) is 0 Å². The van der Waals surface area contributed by atoms with E-state index in [1.165, 1.54) is 0 Å². The molecule has 3 N–H and O–H groups in total. The van der Waals surface area contributed by atoms with Gasteiger partial charge in [0.15, 0.2) is 13.7 Å². The minimum absolute atomic E-state index is 0.00606. The lowest BCUT2D eigenvalue weighted by Gasteiger charge is -2.36. The Labute approximate surface area is 156 Å². The van der Waals surface area contributed by atoms with Crippen molar-refractivity contribution in [2.75, 3.05) is 10.6 Å². The Balaban J connectivity index is 2.02. The number of nitrogens with one attached hydrogen (secondary N) is 2. The van der Waals surface area contributed by atoms with Crippen LogP contribution in [-0.2, 0) is 0 Å². The van der Waals surface area contributed by atoms with Gasteiger partial charge < -0.3 is 15.7 Å². The van der Waals surface area contributed by atoms with Gasteiger partial charge in [0, 0.05) is 18.0 Å². The molecule has 0 spiro atoms. The lowest BCUT2D eigenvalue weighted by atomic mass is 9.68. The summed E-state index contributed by atoms with van der Waals surface area (Å²) in [6, 6.07) is 0.00606. The Hall–Kier alpha value is -2.31. The number of rotatable bonds is 5. The molecule has 1 aromatic heterocycles. The van der Waals surface area contributed by atoms with Crippen molar-refractivity contribution in [2.45, 2.75) is 49.3 Å². The summed E-state index contributed by atoms with van der Waals surface area (Å²) in [4.78, 5) is 11.4. The van der Waals surface area contributed by atoms with Gasteiger partial charge >= 0.3 is 6.18 Å². The van der Waals surface area contributed by atoms with Crippen molar-refractivity contribution in [2.24, 2.45) is 0 Å². The number of allylic oxidation sites excluding steroid dienone is 2. The van der Waals surface area contributed by atoms with Crippen molar-refractivity contribution in [3.63, 3.8) is 0 Å². The summed E-state index contributed by atoms with van der Waals surface area (Å²) in [6.45, 7) is 2.84. The molecule has 1 saturated carbocycles. The van der Waals surface area contributed by atoms with E-state index in [2.05, 4.69) is 26.8 Å². The predicted octanol–water partition coefficient (Wildman–Crippen LogP) is 2.37. The van der Waals surface area contributed by atoms with Crippen LogP contribution in [0.2, 0.25) is 0 Å². The van der Waals surface area contributed by atoms with Gasteiger partial charge in [0.05, 0.1) is 0 Å². The summed E-state index contributed by atoms with van der Waals surface area (Å²) in [5.74, 6) is -6.40. The number of nitrogens with zero attached hydrogens (tertiary/aromatic N) is 3. The maximum absolute atomic E-state index is 14.6. The number of anilines is 2. The van der Waals surface area contributed by atoms with Gasteiger partial charge in [-0.05, 0) is 19.3 Å². The monoisotopic (exact) mass is 407 g/mol. The summed E-state index contributed by atoms with van der Waals surface area (Å²) in [7, 11) is 0.622. The summed E-state index contributed by atoms with van der Waals surface area (Å²) in [5, 5.41) is 14.6. The number of aliphatic hydroxyl groups is 1. The van der Waals surface area contributed by atoms with Gasteiger partial charge in [-0.15, -0.1) is 0 Å². The second-order valence-electron chi connectivity index (χ2n) is 6.90. The minimum atomic E-state index is -4.78. The molecule has 0 aromatic carbocycles. The van der Waals surface area contributed by atoms with E-state index in [0.29, 0.717) is 7.85 Å². The fourth-order valence-electron chi connectivity index (χ4n) is 2.55. The molecule has 0 amide bonds. The van der Waals surface area contributed by atoms with Gasteiger partial charge in [0.2, 0.25) is 11.9 Å². The fraction of sp³-hybridized carbons (Fsp3) is 0.533. The van der Waals surface area contributed by atoms with Crippen LogP contribution >= 0.6 is 0 Å². The van der Waals surface area contributed by atoms with Crippen molar-refractivity contribution >= 4 is 25.3 Å². The first-order valence-electron chi connectivity index (χ1n) is 8.36. The van der Waals surface area contributed by atoms with Crippen LogP contribution in [0.15, 0.2) is 18.1 Å². The number of halogens is 6. The molecule has 0 radical (unpaired) electrons. The third-order valence-electron chi connectivity index (χ3n) is 4.51. The Kier molecular flexibility index (Phi) is 4.84. The summed E-state index contributed by atoms with van der Waals surface area (Å²) in [6.07, 6.45) is -4.59. The molecule has 1 heterocycles. The molecule has 2 aliphatic rings. The second-order valence-corrected chi connectivity index (χ2v) is 6.90. The first kappa shape index (κ1) is 20.4. The van der Waals surface area contributed by atoms with Crippen molar-refractivity contribution in [3.05, 3.63) is 23.9 Å². The second kappa shape index (κ2) is 6.64. The largest absolute Gasteiger partial charge is 0.430 e. The van der Waals surface area contributed by atoms with E-state index in [4.69, 9.17) is 0 Å². The zero-order valence-corrected chi connectivity index (χ0v) is 14.7.